The van der Waals surface area contributed by atoms with Crippen LogP contribution < -0.4 is 10.6 Å². The zero-order chi connectivity index (χ0) is 13.0. The van der Waals surface area contributed by atoms with Crippen LogP contribution in [0.2, 0.25) is 0 Å². The molecule has 3 nitrogen and oxygen atoms in total. The van der Waals surface area contributed by atoms with Gasteiger partial charge in [-0.1, -0.05) is 12.1 Å². The molecular weight excluding hydrogens is 231 g/mol. The molecule has 0 spiro atoms. The second-order valence-electron chi connectivity index (χ2n) is 4.92. The van der Waals surface area contributed by atoms with Gasteiger partial charge in [0, 0.05) is 0 Å². The number of benzene rings is 1. The van der Waals surface area contributed by atoms with Gasteiger partial charge in [0.25, 0.3) is 0 Å². The molecule has 0 saturated heterocycles. The van der Waals surface area contributed by atoms with Crippen molar-refractivity contribution in [3.63, 3.8) is 0 Å². The SMILES string of the molecule is CC(NC(=O)CNCC1CC1)c1ccc(F)cc1. The molecule has 98 valence electrons. The first kappa shape index (κ1) is 13.0. The number of carbonyl (C=O) groups is 1. The molecule has 0 bridgehead atoms. The van der Waals surface area contributed by atoms with Crippen LogP contribution in [0.25, 0.3) is 0 Å². The van der Waals surface area contributed by atoms with Crippen LogP contribution in [-0.2, 0) is 4.79 Å². The monoisotopic (exact) mass is 250 g/mol. The Balaban J connectivity index is 1.73. The largest absolute Gasteiger partial charge is 0.348 e. The summed E-state index contributed by atoms with van der Waals surface area (Å²) in [5.41, 5.74) is 0.909. The van der Waals surface area contributed by atoms with Crippen LogP contribution in [-0.4, -0.2) is 19.0 Å². The van der Waals surface area contributed by atoms with E-state index in [1.54, 1.807) is 12.1 Å². The molecule has 0 aromatic heterocycles. The number of rotatable bonds is 6. The summed E-state index contributed by atoms with van der Waals surface area (Å²) in [7, 11) is 0. The first-order valence-corrected chi connectivity index (χ1v) is 6.40. The molecular formula is C14H19FN2O. The van der Waals surface area contributed by atoms with Crippen molar-refractivity contribution < 1.29 is 9.18 Å². The molecule has 0 heterocycles. The van der Waals surface area contributed by atoms with Crippen LogP contribution in [0, 0.1) is 11.7 Å². The maximum Gasteiger partial charge on any atom is 0.234 e. The van der Waals surface area contributed by atoms with Crippen LogP contribution >= 0.6 is 0 Å². The van der Waals surface area contributed by atoms with E-state index in [4.69, 9.17) is 0 Å². The summed E-state index contributed by atoms with van der Waals surface area (Å²) in [5.74, 6) is 0.489. The molecule has 1 unspecified atom stereocenters. The normalized spacial score (nSPS) is 16.3. The average Bonchev–Trinajstić information content (AvgIpc) is 3.13. The van der Waals surface area contributed by atoms with Gasteiger partial charge in [0.2, 0.25) is 5.91 Å². The highest BCUT2D eigenvalue weighted by Gasteiger charge is 2.20. The fourth-order valence-electron chi connectivity index (χ4n) is 1.84. The summed E-state index contributed by atoms with van der Waals surface area (Å²) in [4.78, 5) is 11.6. The fourth-order valence-corrected chi connectivity index (χ4v) is 1.84. The van der Waals surface area contributed by atoms with E-state index in [1.165, 1.54) is 25.0 Å². The van der Waals surface area contributed by atoms with Crippen molar-refractivity contribution in [2.24, 2.45) is 5.92 Å². The van der Waals surface area contributed by atoms with Crippen molar-refractivity contribution in [3.05, 3.63) is 35.6 Å². The predicted molar refractivity (Wildman–Crippen MR) is 68.6 cm³/mol. The predicted octanol–water partition coefficient (Wildman–Crippen LogP) is 2.00. The van der Waals surface area contributed by atoms with E-state index in [0.717, 1.165) is 18.0 Å². The van der Waals surface area contributed by atoms with Crippen molar-refractivity contribution in [2.75, 3.05) is 13.1 Å². The van der Waals surface area contributed by atoms with Crippen molar-refractivity contribution in [1.82, 2.24) is 10.6 Å². The first-order chi connectivity index (χ1) is 8.65. The van der Waals surface area contributed by atoms with Gasteiger partial charge in [-0.3, -0.25) is 4.79 Å². The molecule has 18 heavy (non-hydrogen) atoms. The molecule has 2 rings (SSSR count). The topological polar surface area (TPSA) is 41.1 Å². The minimum Gasteiger partial charge on any atom is -0.348 e. The van der Waals surface area contributed by atoms with Gasteiger partial charge in [-0.05, 0) is 49.9 Å². The molecule has 4 heteroatoms. The van der Waals surface area contributed by atoms with Gasteiger partial charge in [0.15, 0.2) is 0 Å². The van der Waals surface area contributed by atoms with E-state index in [-0.39, 0.29) is 17.8 Å². The summed E-state index contributed by atoms with van der Waals surface area (Å²) in [6.07, 6.45) is 2.56. The zero-order valence-corrected chi connectivity index (χ0v) is 10.6. The van der Waals surface area contributed by atoms with Gasteiger partial charge >= 0.3 is 0 Å². The number of halogens is 1. The Labute approximate surface area is 107 Å². The van der Waals surface area contributed by atoms with Crippen LogP contribution in [0.3, 0.4) is 0 Å². The van der Waals surface area contributed by atoms with E-state index in [1.807, 2.05) is 6.92 Å². The molecule has 1 aromatic rings. The minimum absolute atomic E-state index is 0.0209. The standard InChI is InChI=1S/C14H19FN2O/c1-10(12-4-6-13(15)7-5-12)17-14(18)9-16-8-11-2-3-11/h4-7,10-11,16H,2-3,8-9H2,1H3,(H,17,18). The Morgan fingerprint density at radius 2 is 2.06 bits per heavy atom. The Hall–Kier alpha value is -1.42. The summed E-state index contributed by atoms with van der Waals surface area (Å²) >= 11 is 0. The molecule has 1 aliphatic rings. The molecule has 1 aliphatic carbocycles. The molecule has 2 N–H and O–H groups in total. The maximum atomic E-state index is 12.8. The summed E-state index contributed by atoms with van der Waals surface area (Å²) in [5, 5.41) is 6.03. The lowest BCUT2D eigenvalue weighted by Crippen LogP contribution is -2.36. The highest BCUT2D eigenvalue weighted by atomic mass is 19.1. The van der Waals surface area contributed by atoms with E-state index < -0.39 is 0 Å². The lowest BCUT2D eigenvalue weighted by Gasteiger charge is -2.14. The first-order valence-electron chi connectivity index (χ1n) is 6.40. The second-order valence-corrected chi connectivity index (χ2v) is 4.92. The Morgan fingerprint density at radius 1 is 1.39 bits per heavy atom. The second kappa shape index (κ2) is 5.96. The molecule has 0 aliphatic heterocycles. The smallest absolute Gasteiger partial charge is 0.234 e. The molecule has 1 aromatic carbocycles. The molecule has 1 fully saturated rings. The zero-order valence-electron chi connectivity index (χ0n) is 10.6. The van der Waals surface area contributed by atoms with Crippen LogP contribution in [0.1, 0.15) is 31.4 Å². The molecule has 1 atom stereocenters. The Kier molecular flexibility index (Phi) is 4.31. The summed E-state index contributed by atoms with van der Waals surface area (Å²) in [6.45, 7) is 3.17. The highest BCUT2D eigenvalue weighted by Crippen LogP contribution is 2.27. The fraction of sp³-hybridized carbons (Fsp3) is 0.500. The Morgan fingerprint density at radius 3 is 2.67 bits per heavy atom. The van der Waals surface area contributed by atoms with E-state index in [2.05, 4.69) is 10.6 Å². The molecule has 1 saturated carbocycles. The van der Waals surface area contributed by atoms with Crippen LogP contribution in [0.4, 0.5) is 4.39 Å². The van der Waals surface area contributed by atoms with Gasteiger partial charge in [0.05, 0.1) is 12.6 Å². The Bertz CT molecular complexity index is 401. The highest BCUT2D eigenvalue weighted by molar-refractivity contribution is 5.78. The van der Waals surface area contributed by atoms with E-state index in [0.29, 0.717) is 6.54 Å². The number of amides is 1. The maximum absolute atomic E-state index is 12.8. The van der Waals surface area contributed by atoms with Crippen LogP contribution in [0.15, 0.2) is 24.3 Å². The van der Waals surface area contributed by atoms with Gasteiger partial charge in [0.1, 0.15) is 5.82 Å². The van der Waals surface area contributed by atoms with Gasteiger partial charge < -0.3 is 10.6 Å². The summed E-state index contributed by atoms with van der Waals surface area (Å²) < 4.78 is 12.8. The van der Waals surface area contributed by atoms with Gasteiger partial charge in [-0.15, -0.1) is 0 Å². The third kappa shape index (κ3) is 4.11. The number of hydrogen-bond acceptors (Lipinski definition) is 2. The van der Waals surface area contributed by atoms with Gasteiger partial charge in [-0.25, -0.2) is 4.39 Å². The van der Waals surface area contributed by atoms with Crippen molar-refractivity contribution in [3.8, 4) is 0 Å². The third-order valence-electron chi connectivity index (χ3n) is 3.16. The van der Waals surface area contributed by atoms with Crippen molar-refractivity contribution >= 4 is 5.91 Å². The average molecular weight is 250 g/mol. The molecule has 1 amide bonds. The third-order valence-corrected chi connectivity index (χ3v) is 3.16. The number of nitrogens with one attached hydrogen (secondary N) is 2. The van der Waals surface area contributed by atoms with Crippen molar-refractivity contribution in [2.45, 2.75) is 25.8 Å². The quantitative estimate of drug-likeness (QED) is 0.811. The lowest BCUT2D eigenvalue weighted by atomic mass is 10.1. The van der Waals surface area contributed by atoms with E-state index in [9.17, 15) is 9.18 Å². The number of hydrogen-bond donors (Lipinski definition) is 2. The summed E-state index contributed by atoms with van der Waals surface area (Å²) in [6, 6.07) is 6.10. The lowest BCUT2D eigenvalue weighted by molar-refractivity contribution is -0.120. The van der Waals surface area contributed by atoms with Crippen LogP contribution in [0.5, 0.6) is 0 Å². The van der Waals surface area contributed by atoms with Gasteiger partial charge in [-0.2, -0.15) is 0 Å². The minimum atomic E-state index is -0.261. The van der Waals surface area contributed by atoms with Crippen molar-refractivity contribution in [1.29, 1.82) is 0 Å². The molecule has 0 radical (unpaired) electrons. The van der Waals surface area contributed by atoms with E-state index >= 15 is 0 Å². The number of carbonyl (C=O) groups excluding carboxylic acids is 1.